The van der Waals surface area contributed by atoms with Crippen LogP contribution in [0.4, 0.5) is 0 Å². The Morgan fingerprint density at radius 1 is 1.32 bits per heavy atom. The van der Waals surface area contributed by atoms with E-state index in [4.69, 9.17) is 21.1 Å². The summed E-state index contributed by atoms with van der Waals surface area (Å²) < 4.78 is 10.7. The van der Waals surface area contributed by atoms with Crippen molar-refractivity contribution in [3.8, 4) is 11.5 Å². The number of halogens is 1. The molecule has 0 saturated carbocycles. The minimum Gasteiger partial charge on any atom is -0.493 e. The van der Waals surface area contributed by atoms with Crippen LogP contribution in [0, 0.1) is 5.92 Å². The number of rotatable bonds is 4. The topological polar surface area (TPSA) is 30.5 Å². The molecular weight excluding hydrogens is 262 g/mol. The van der Waals surface area contributed by atoms with Crippen LogP contribution in [-0.4, -0.2) is 27.3 Å². The van der Waals surface area contributed by atoms with Gasteiger partial charge in [0.05, 0.1) is 19.2 Å². The van der Waals surface area contributed by atoms with Gasteiger partial charge in [0.2, 0.25) is 0 Å². The van der Waals surface area contributed by atoms with E-state index in [2.05, 4.69) is 18.3 Å². The van der Waals surface area contributed by atoms with Crippen LogP contribution < -0.4 is 14.8 Å². The predicted molar refractivity (Wildman–Crippen MR) is 78.6 cm³/mol. The molecule has 1 fully saturated rings. The van der Waals surface area contributed by atoms with E-state index in [0.717, 1.165) is 25.9 Å². The maximum absolute atomic E-state index is 6.52. The molecule has 0 radical (unpaired) electrons. The number of nitrogens with one attached hydrogen (secondary N) is 1. The molecule has 19 heavy (non-hydrogen) atoms. The van der Waals surface area contributed by atoms with Crippen LogP contribution in [0.3, 0.4) is 0 Å². The molecule has 1 N–H and O–H groups in total. The summed E-state index contributed by atoms with van der Waals surface area (Å²) in [5.74, 6) is 2.47. The van der Waals surface area contributed by atoms with Crippen molar-refractivity contribution in [1.82, 2.24) is 5.32 Å². The van der Waals surface area contributed by atoms with Gasteiger partial charge >= 0.3 is 0 Å². The highest BCUT2D eigenvalue weighted by atomic mass is 35.5. The van der Waals surface area contributed by atoms with Crippen molar-refractivity contribution in [2.45, 2.75) is 25.7 Å². The minimum absolute atomic E-state index is 0.499. The molecule has 2 atom stereocenters. The van der Waals surface area contributed by atoms with E-state index >= 15 is 0 Å². The Labute approximate surface area is 120 Å². The second kappa shape index (κ2) is 6.49. The summed E-state index contributed by atoms with van der Waals surface area (Å²) in [6.45, 7) is 4.34. The number of methoxy groups -OCH3 is 2. The monoisotopic (exact) mass is 283 g/mol. The van der Waals surface area contributed by atoms with Gasteiger partial charge in [0.15, 0.2) is 11.5 Å². The maximum Gasteiger partial charge on any atom is 0.179 e. The number of hydrogen-bond acceptors (Lipinski definition) is 3. The summed E-state index contributed by atoms with van der Waals surface area (Å²) in [5.41, 5.74) is 1.19. The lowest BCUT2D eigenvalue weighted by Gasteiger charge is -2.32. The second-order valence-corrected chi connectivity index (χ2v) is 5.35. The molecule has 106 valence electrons. The molecule has 0 amide bonds. The SMILES string of the molecule is CCC1CNCCC1c1ccc(OC)c(OC)c1Cl. The van der Waals surface area contributed by atoms with Gasteiger partial charge in [-0.3, -0.25) is 0 Å². The first-order chi connectivity index (χ1) is 9.22. The van der Waals surface area contributed by atoms with Gasteiger partial charge in [0.25, 0.3) is 0 Å². The van der Waals surface area contributed by atoms with Crippen molar-refractivity contribution >= 4 is 11.6 Å². The third-order valence-corrected chi connectivity index (χ3v) is 4.44. The summed E-state index contributed by atoms with van der Waals surface area (Å²) in [6, 6.07) is 4.04. The van der Waals surface area contributed by atoms with Crippen molar-refractivity contribution in [2.24, 2.45) is 5.92 Å². The summed E-state index contributed by atoms with van der Waals surface area (Å²) in [6.07, 6.45) is 2.27. The Hall–Kier alpha value is -0.930. The Morgan fingerprint density at radius 2 is 2.11 bits per heavy atom. The molecule has 1 aliphatic rings. The number of ether oxygens (including phenoxy) is 2. The average Bonchev–Trinajstić information content (AvgIpc) is 2.46. The van der Waals surface area contributed by atoms with Crippen LogP contribution in [0.2, 0.25) is 5.02 Å². The molecule has 0 bridgehead atoms. The molecule has 0 aliphatic carbocycles. The lowest BCUT2D eigenvalue weighted by atomic mass is 9.79. The number of hydrogen-bond donors (Lipinski definition) is 1. The first-order valence-electron chi connectivity index (χ1n) is 6.84. The van der Waals surface area contributed by atoms with E-state index in [1.165, 1.54) is 5.56 Å². The summed E-state index contributed by atoms with van der Waals surface area (Å²) in [7, 11) is 3.26. The van der Waals surface area contributed by atoms with E-state index in [1.807, 2.05) is 6.07 Å². The van der Waals surface area contributed by atoms with Gasteiger partial charge in [0.1, 0.15) is 0 Å². The highest BCUT2D eigenvalue weighted by Crippen LogP contribution is 2.43. The lowest BCUT2D eigenvalue weighted by molar-refractivity contribution is 0.315. The molecule has 2 rings (SSSR count). The fraction of sp³-hybridized carbons (Fsp3) is 0.600. The van der Waals surface area contributed by atoms with Crippen molar-refractivity contribution in [3.05, 3.63) is 22.7 Å². The van der Waals surface area contributed by atoms with Gasteiger partial charge in [-0.25, -0.2) is 0 Å². The van der Waals surface area contributed by atoms with Gasteiger partial charge in [-0.1, -0.05) is 31.0 Å². The van der Waals surface area contributed by atoms with Gasteiger partial charge < -0.3 is 14.8 Å². The smallest absolute Gasteiger partial charge is 0.179 e. The van der Waals surface area contributed by atoms with E-state index in [1.54, 1.807) is 14.2 Å². The fourth-order valence-corrected chi connectivity index (χ4v) is 3.33. The lowest BCUT2D eigenvalue weighted by Crippen LogP contribution is -2.35. The van der Waals surface area contributed by atoms with Gasteiger partial charge in [-0.15, -0.1) is 0 Å². The van der Waals surface area contributed by atoms with E-state index in [9.17, 15) is 0 Å². The Balaban J connectivity index is 2.38. The zero-order chi connectivity index (χ0) is 13.8. The molecule has 1 aromatic rings. The fourth-order valence-electron chi connectivity index (χ4n) is 2.95. The maximum atomic E-state index is 6.52. The average molecular weight is 284 g/mol. The summed E-state index contributed by atoms with van der Waals surface area (Å²) in [5, 5.41) is 4.16. The standard InChI is InChI=1S/C15H22ClNO2/c1-4-10-9-17-8-7-11(10)12-5-6-13(18-2)15(19-3)14(12)16/h5-6,10-11,17H,4,7-9H2,1-3H3. The van der Waals surface area contributed by atoms with Crippen molar-refractivity contribution < 1.29 is 9.47 Å². The van der Waals surface area contributed by atoms with Crippen LogP contribution in [-0.2, 0) is 0 Å². The molecule has 0 aromatic heterocycles. The van der Waals surface area contributed by atoms with Gasteiger partial charge in [-0.05, 0) is 43.0 Å². The minimum atomic E-state index is 0.499. The zero-order valence-corrected chi connectivity index (χ0v) is 12.6. The van der Waals surface area contributed by atoms with Crippen LogP contribution >= 0.6 is 11.6 Å². The number of piperidine rings is 1. The second-order valence-electron chi connectivity index (χ2n) is 4.97. The molecule has 2 unspecified atom stereocenters. The van der Waals surface area contributed by atoms with Crippen molar-refractivity contribution in [3.63, 3.8) is 0 Å². The van der Waals surface area contributed by atoms with Gasteiger partial charge in [-0.2, -0.15) is 0 Å². The summed E-state index contributed by atoms with van der Waals surface area (Å²) >= 11 is 6.52. The first kappa shape index (κ1) is 14.5. The summed E-state index contributed by atoms with van der Waals surface area (Å²) in [4.78, 5) is 0. The highest BCUT2D eigenvalue weighted by molar-refractivity contribution is 6.33. The largest absolute Gasteiger partial charge is 0.493 e. The van der Waals surface area contributed by atoms with E-state index in [-0.39, 0.29) is 0 Å². The Bertz CT molecular complexity index is 436. The molecule has 1 saturated heterocycles. The third kappa shape index (κ3) is 2.82. The Morgan fingerprint density at radius 3 is 2.74 bits per heavy atom. The molecule has 4 heteroatoms. The highest BCUT2D eigenvalue weighted by Gasteiger charge is 2.28. The molecule has 0 spiro atoms. The molecular formula is C15H22ClNO2. The van der Waals surface area contributed by atoms with E-state index in [0.29, 0.717) is 28.4 Å². The van der Waals surface area contributed by atoms with Crippen LogP contribution in [0.25, 0.3) is 0 Å². The zero-order valence-electron chi connectivity index (χ0n) is 11.8. The number of benzene rings is 1. The first-order valence-corrected chi connectivity index (χ1v) is 7.21. The van der Waals surface area contributed by atoms with Crippen LogP contribution in [0.15, 0.2) is 12.1 Å². The van der Waals surface area contributed by atoms with Crippen molar-refractivity contribution in [1.29, 1.82) is 0 Å². The van der Waals surface area contributed by atoms with E-state index < -0.39 is 0 Å². The van der Waals surface area contributed by atoms with Crippen molar-refractivity contribution in [2.75, 3.05) is 27.3 Å². The van der Waals surface area contributed by atoms with Crippen LogP contribution in [0.1, 0.15) is 31.2 Å². The predicted octanol–water partition coefficient (Wildman–Crippen LogP) is 3.46. The van der Waals surface area contributed by atoms with Crippen LogP contribution in [0.5, 0.6) is 11.5 Å². The normalized spacial score (nSPS) is 23.2. The third-order valence-electron chi connectivity index (χ3n) is 4.05. The quantitative estimate of drug-likeness (QED) is 0.918. The molecule has 1 aliphatic heterocycles. The molecule has 1 heterocycles. The van der Waals surface area contributed by atoms with Gasteiger partial charge in [0, 0.05) is 0 Å². The molecule has 1 aromatic carbocycles. The Kier molecular flexibility index (Phi) is 4.94. The molecule has 3 nitrogen and oxygen atoms in total.